The van der Waals surface area contributed by atoms with E-state index < -0.39 is 0 Å². The van der Waals surface area contributed by atoms with Crippen LogP contribution >= 0.6 is 22.9 Å². The Bertz CT molecular complexity index is 649. The molecule has 3 aromatic rings. The van der Waals surface area contributed by atoms with E-state index in [1.807, 2.05) is 5.38 Å². The summed E-state index contributed by atoms with van der Waals surface area (Å²) in [7, 11) is 0. The van der Waals surface area contributed by atoms with Crippen LogP contribution in [0.4, 0.5) is 5.82 Å². The lowest BCUT2D eigenvalue weighted by Gasteiger charge is -2.05. The first-order chi connectivity index (χ1) is 8.83. The summed E-state index contributed by atoms with van der Waals surface area (Å²) in [5, 5.41) is 14.0. The lowest BCUT2D eigenvalue weighted by Crippen LogP contribution is -2.07. The van der Waals surface area contributed by atoms with Crippen LogP contribution in [0.2, 0.25) is 5.28 Å². The van der Waals surface area contributed by atoms with E-state index in [1.165, 1.54) is 0 Å². The third kappa shape index (κ3) is 2.27. The number of hydrogen-bond donors (Lipinski definition) is 2. The van der Waals surface area contributed by atoms with Crippen LogP contribution in [0.5, 0.6) is 0 Å². The highest BCUT2D eigenvalue weighted by molar-refractivity contribution is 7.09. The predicted molar refractivity (Wildman–Crippen MR) is 71.0 cm³/mol. The quantitative estimate of drug-likeness (QED) is 0.716. The van der Waals surface area contributed by atoms with Crippen molar-refractivity contribution in [1.29, 1.82) is 0 Å². The topological polar surface area (TPSA) is 79.4 Å². The third-order valence-electron chi connectivity index (χ3n) is 2.40. The van der Waals surface area contributed by atoms with E-state index in [2.05, 4.69) is 30.5 Å². The molecule has 0 aromatic carbocycles. The van der Waals surface area contributed by atoms with Crippen LogP contribution in [0.25, 0.3) is 11.0 Å². The second-order valence-electron chi connectivity index (χ2n) is 3.58. The molecule has 18 heavy (non-hydrogen) atoms. The highest BCUT2D eigenvalue weighted by Crippen LogP contribution is 2.19. The fourth-order valence-electron chi connectivity index (χ4n) is 1.61. The van der Waals surface area contributed by atoms with Crippen LogP contribution in [-0.2, 0) is 6.42 Å². The smallest absolute Gasteiger partial charge is 0.226 e. The normalized spacial score (nSPS) is 10.9. The number of halogens is 1. The standard InChI is InChI=1S/C10H9ClN6S/c11-10-15-8(6-5-14-17-9(6)16-10)13-2-1-7-12-3-4-18-7/h3-5H,1-2H2,(H2,13,14,15,16,17). The molecule has 6 nitrogen and oxygen atoms in total. The molecule has 3 heterocycles. The van der Waals surface area contributed by atoms with Gasteiger partial charge in [-0.2, -0.15) is 15.1 Å². The van der Waals surface area contributed by atoms with Gasteiger partial charge in [0.1, 0.15) is 5.82 Å². The fraction of sp³-hybridized carbons (Fsp3) is 0.200. The van der Waals surface area contributed by atoms with Crippen LogP contribution in [0.15, 0.2) is 17.8 Å². The Hall–Kier alpha value is -1.73. The minimum absolute atomic E-state index is 0.198. The molecule has 0 atom stereocenters. The van der Waals surface area contributed by atoms with E-state index in [1.54, 1.807) is 23.7 Å². The van der Waals surface area contributed by atoms with Gasteiger partial charge in [0.25, 0.3) is 0 Å². The van der Waals surface area contributed by atoms with E-state index in [0.717, 1.165) is 23.4 Å². The minimum Gasteiger partial charge on any atom is -0.369 e. The molecule has 2 N–H and O–H groups in total. The number of anilines is 1. The van der Waals surface area contributed by atoms with Gasteiger partial charge in [-0.25, -0.2) is 4.98 Å². The Balaban J connectivity index is 1.75. The van der Waals surface area contributed by atoms with Crippen molar-refractivity contribution in [3.8, 4) is 0 Å². The first-order valence-electron chi connectivity index (χ1n) is 5.32. The van der Waals surface area contributed by atoms with E-state index in [-0.39, 0.29) is 5.28 Å². The number of nitrogens with one attached hydrogen (secondary N) is 2. The number of aromatic amines is 1. The van der Waals surface area contributed by atoms with Crippen molar-refractivity contribution in [3.63, 3.8) is 0 Å². The van der Waals surface area contributed by atoms with Gasteiger partial charge in [-0.1, -0.05) is 0 Å². The molecule has 0 aliphatic rings. The number of aromatic nitrogens is 5. The van der Waals surface area contributed by atoms with Gasteiger partial charge < -0.3 is 5.32 Å². The molecule has 0 saturated heterocycles. The zero-order valence-electron chi connectivity index (χ0n) is 9.22. The molecule has 3 rings (SSSR count). The third-order valence-corrected chi connectivity index (χ3v) is 3.41. The molecule has 0 bridgehead atoms. The van der Waals surface area contributed by atoms with Crippen molar-refractivity contribution in [3.05, 3.63) is 28.1 Å². The molecule has 8 heteroatoms. The summed E-state index contributed by atoms with van der Waals surface area (Å²) in [5.41, 5.74) is 0.631. The van der Waals surface area contributed by atoms with Crippen molar-refractivity contribution in [2.45, 2.75) is 6.42 Å². The maximum Gasteiger partial charge on any atom is 0.226 e. The number of hydrogen-bond acceptors (Lipinski definition) is 6. The number of H-pyrrole nitrogens is 1. The number of nitrogens with zero attached hydrogens (tertiary/aromatic N) is 4. The average Bonchev–Trinajstić information content (AvgIpc) is 2.98. The molecule has 0 aliphatic carbocycles. The molecule has 0 saturated carbocycles. The summed E-state index contributed by atoms with van der Waals surface area (Å²) < 4.78 is 0. The second kappa shape index (κ2) is 4.87. The van der Waals surface area contributed by atoms with Crippen molar-refractivity contribution >= 4 is 39.8 Å². The number of rotatable bonds is 4. The van der Waals surface area contributed by atoms with Crippen LogP contribution in [0, 0.1) is 0 Å². The van der Waals surface area contributed by atoms with Crippen molar-refractivity contribution in [1.82, 2.24) is 25.1 Å². The van der Waals surface area contributed by atoms with Gasteiger partial charge in [0.2, 0.25) is 5.28 Å². The van der Waals surface area contributed by atoms with Crippen LogP contribution in [-0.4, -0.2) is 31.7 Å². The zero-order chi connectivity index (χ0) is 12.4. The van der Waals surface area contributed by atoms with Crippen molar-refractivity contribution in [2.24, 2.45) is 0 Å². The minimum atomic E-state index is 0.198. The van der Waals surface area contributed by atoms with Gasteiger partial charge >= 0.3 is 0 Å². The van der Waals surface area contributed by atoms with E-state index in [4.69, 9.17) is 11.6 Å². The monoisotopic (exact) mass is 280 g/mol. The molecule has 3 aromatic heterocycles. The van der Waals surface area contributed by atoms with Gasteiger partial charge in [0.05, 0.1) is 16.6 Å². The SMILES string of the molecule is Clc1nc(NCCc2nccs2)c2cn[nH]c2n1. The second-order valence-corrected chi connectivity index (χ2v) is 4.89. The molecule has 0 spiro atoms. The van der Waals surface area contributed by atoms with Gasteiger partial charge in [-0.05, 0) is 11.6 Å². The first kappa shape index (κ1) is 11.4. The zero-order valence-corrected chi connectivity index (χ0v) is 10.8. The van der Waals surface area contributed by atoms with Crippen LogP contribution in [0.1, 0.15) is 5.01 Å². The maximum atomic E-state index is 5.84. The van der Waals surface area contributed by atoms with Crippen LogP contribution < -0.4 is 5.32 Å². The molecular weight excluding hydrogens is 272 g/mol. The number of fused-ring (bicyclic) bond motifs is 1. The molecule has 92 valence electrons. The lowest BCUT2D eigenvalue weighted by atomic mass is 10.3. The predicted octanol–water partition coefficient (Wildman–Crippen LogP) is 2.12. The van der Waals surface area contributed by atoms with Crippen molar-refractivity contribution in [2.75, 3.05) is 11.9 Å². The summed E-state index contributed by atoms with van der Waals surface area (Å²) in [6.07, 6.45) is 4.33. The van der Waals surface area contributed by atoms with Crippen molar-refractivity contribution < 1.29 is 0 Å². The Morgan fingerprint density at radius 2 is 2.33 bits per heavy atom. The van der Waals surface area contributed by atoms with E-state index >= 15 is 0 Å². The summed E-state index contributed by atoms with van der Waals surface area (Å²) in [4.78, 5) is 12.4. The molecule has 0 aliphatic heterocycles. The van der Waals surface area contributed by atoms with Gasteiger partial charge in [-0.15, -0.1) is 11.3 Å². The summed E-state index contributed by atoms with van der Waals surface area (Å²) >= 11 is 7.48. The Morgan fingerprint density at radius 3 is 3.17 bits per heavy atom. The largest absolute Gasteiger partial charge is 0.369 e. The molecule has 0 unspecified atom stereocenters. The fourth-order valence-corrected chi connectivity index (χ4v) is 2.40. The summed E-state index contributed by atoms with van der Waals surface area (Å²) in [5.74, 6) is 0.690. The Kier molecular flexibility index (Phi) is 3.07. The van der Waals surface area contributed by atoms with Gasteiger partial charge in [0.15, 0.2) is 5.65 Å². The average molecular weight is 281 g/mol. The first-order valence-corrected chi connectivity index (χ1v) is 6.57. The molecule has 0 amide bonds. The van der Waals surface area contributed by atoms with E-state index in [9.17, 15) is 0 Å². The van der Waals surface area contributed by atoms with E-state index in [0.29, 0.717) is 11.5 Å². The summed E-state index contributed by atoms with van der Waals surface area (Å²) in [6, 6.07) is 0. The lowest BCUT2D eigenvalue weighted by molar-refractivity contribution is 0.987. The highest BCUT2D eigenvalue weighted by atomic mass is 35.5. The number of thiazole rings is 1. The van der Waals surface area contributed by atoms with Gasteiger partial charge in [-0.3, -0.25) is 5.10 Å². The summed E-state index contributed by atoms with van der Waals surface area (Å²) in [6.45, 7) is 0.737. The Labute approximate surface area is 111 Å². The van der Waals surface area contributed by atoms with Gasteiger partial charge in [0, 0.05) is 24.5 Å². The maximum absolute atomic E-state index is 5.84. The highest BCUT2D eigenvalue weighted by Gasteiger charge is 2.07. The molecule has 0 fully saturated rings. The molecule has 0 radical (unpaired) electrons. The van der Waals surface area contributed by atoms with Crippen LogP contribution in [0.3, 0.4) is 0 Å². The Morgan fingerprint density at radius 1 is 1.39 bits per heavy atom. The molecular formula is C10H9ClN6S.